The third kappa shape index (κ3) is 5.20. The van der Waals surface area contributed by atoms with Crippen molar-refractivity contribution in [2.24, 2.45) is 0 Å². The zero-order chi connectivity index (χ0) is 15.9. The number of likely N-dealkylation sites (tertiary alicyclic amines) is 1. The largest absolute Gasteiger partial charge is 0.335 e. The number of nitrogens with zero attached hydrogens (tertiary/aromatic N) is 2. The van der Waals surface area contributed by atoms with E-state index in [1.165, 1.54) is 19.3 Å². The molecular weight excluding hydrogens is 288 g/mol. The van der Waals surface area contributed by atoms with E-state index in [-0.39, 0.29) is 6.03 Å². The van der Waals surface area contributed by atoms with Crippen molar-refractivity contribution in [2.75, 3.05) is 13.1 Å². The van der Waals surface area contributed by atoms with Crippen molar-refractivity contribution in [2.45, 2.75) is 63.6 Å². The maximum Gasteiger partial charge on any atom is 0.315 e. The Morgan fingerprint density at radius 2 is 1.74 bits per heavy atom. The number of aromatic nitrogens is 1. The molecule has 2 fully saturated rings. The number of hydrogen-bond acceptors (Lipinski definition) is 3. The third-order valence-corrected chi connectivity index (χ3v) is 4.97. The van der Waals surface area contributed by atoms with Gasteiger partial charge in [0.15, 0.2) is 0 Å². The predicted molar refractivity (Wildman–Crippen MR) is 91.1 cm³/mol. The van der Waals surface area contributed by atoms with Gasteiger partial charge in [-0.25, -0.2) is 4.79 Å². The molecule has 1 aromatic heterocycles. The van der Waals surface area contributed by atoms with Gasteiger partial charge >= 0.3 is 6.03 Å². The normalized spacial score (nSPS) is 21.0. The number of amides is 2. The van der Waals surface area contributed by atoms with Gasteiger partial charge in [0.1, 0.15) is 0 Å². The first-order valence-corrected chi connectivity index (χ1v) is 8.99. The molecule has 0 spiro atoms. The molecule has 0 atom stereocenters. The third-order valence-electron chi connectivity index (χ3n) is 4.97. The minimum atomic E-state index is 0.0278. The lowest BCUT2D eigenvalue weighted by Crippen LogP contribution is -2.50. The Morgan fingerprint density at radius 3 is 2.39 bits per heavy atom. The first-order chi connectivity index (χ1) is 11.3. The van der Waals surface area contributed by atoms with Crippen molar-refractivity contribution in [3.05, 3.63) is 30.1 Å². The molecule has 23 heavy (non-hydrogen) atoms. The zero-order valence-corrected chi connectivity index (χ0v) is 13.8. The highest BCUT2D eigenvalue weighted by atomic mass is 16.2. The van der Waals surface area contributed by atoms with Gasteiger partial charge < -0.3 is 10.6 Å². The minimum Gasteiger partial charge on any atom is -0.335 e. The summed E-state index contributed by atoms with van der Waals surface area (Å²) < 4.78 is 0. The van der Waals surface area contributed by atoms with Crippen LogP contribution in [0.4, 0.5) is 4.79 Å². The Balaban J connectivity index is 1.36. The van der Waals surface area contributed by atoms with Crippen LogP contribution in [0.2, 0.25) is 0 Å². The molecule has 2 heterocycles. The highest BCUT2D eigenvalue weighted by molar-refractivity contribution is 5.74. The highest BCUT2D eigenvalue weighted by Crippen LogP contribution is 2.17. The molecule has 0 unspecified atom stereocenters. The summed E-state index contributed by atoms with van der Waals surface area (Å²) in [6.07, 6.45) is 9.96. The fraction of sp³-hybridized carbons (Fsp3) is 0.667. The van der Waals surface area contributed by atoms with E-state index >= 15 is 0 Å². The van der Waals surface area contributed by atoms with Crippen molar-refractivity contribution in [3.63, 3.8) is 0 Å². The molecule has 1 aliphatic heterocycles. The Morgan fingerprint density at radius 1 is 1.04 bits per heavy atom. The summed E-state index contributed by atoms with van der Waals surface area (Å²) in [6, 6.07) is 6.77. The Hall–Kier alpha value is -1.62. The van der Waals surface area contributed by atoms with Gasteiger partial charge in [0.05, 0.1) is 5.69 Å². The van der Waals surface area contributed by atoms with Gasteiger partial charge in [-0.1, -0.05) is 25.3 Å². The van der Waals surface area contributed by atoms with E-state index in [0.717, 1.165) is 51.0 Å². The van der Waals surface area contributed by atoms with Crippen molar-refractivity contribution in [1.29, 1.82) is 0 Å². The van der Waals surface area contributed by atoms with Crippen molar-refractivity contribution in [3.8, 4) is 0 Å². The van der Waals surface area contributed by atoms with E-state index in [2.05, 4.69) is 26.6 Å². The second-order valence-electron chi connectivity index (χ2n) is 6.82. The van der Waals surface area contributed by atoms with Crippen LogP contribution in [-0.2, 0) is 6.54 Å². The van der Waals surface area contributed by atoms with Crippen LogP contribution in [0, 0.1) is 0 Å². The van der Waals surface area contributed by atoms with Crippen LogP contribution >= 0.6 is 0 Å². The van der Waals surface area contributed by atoms with Crippen LogP contribution in [0.25, 0.3) is 0 Å². The second kappa shape index (κ2) is 8.29. The molecule has 1 aliphatic carbocycles. The molecular formula is C18H28N4O. The molecule has 5 heteroatoms. The van der Waals surface area contributed by atoms with E-state index in [1.54, 1.807) is 0 Å². The molecule has 0 aromatic carbocycles. The van der Waals surface area contributed by atoms with Gasteiger partial charge in [-0.15, -0.1) is 0 Å². The van der Waals surface area contributed by atoms with E-state index < -0.39 is 0 Å². The van der Waals surface area contributed by atoms with Gasteiger partial charge in [0.2, 0.25) is 0 Å². The first kappa shape index (κ1) is 16.2. The summed E-state index contributed by atoms with van der Waals surface area (Å²) in [6.45, 7) is 2.94. The van der Waals surface area contributed by atoms with Gasteiger partial charge in [-0.3, -0.25) is 9.88 Å². The van der Waals surface area contributed by atoms with E-state index in [0.29, 0.717) is 12.1 Å². The van der Waals surface area contributed by atoms with Crippen LogP contribution in [0.5, 0.6) is 0 Å². The number of piperidine rings is 1. The number of carbonyl (C=O) groups excluding carboxylic acids is 1. The lowest BCUT2D eigenvalue weighted by Gasteiger charge is -2.32. The molecule has 5 nitrogen and oxygen atoms in total. The molecule has 1 saturated heterocycles. The van der Waals surface area contributed by atoms with Crippen LogP contribution in [-0.4, -0.2) is 41.1 Å². The first-order valence-electron chi connectivity index (χ1n) is 8.99. The maximum absolute atomic E-state index is 12.1. The SMILES string of the molecule is O=C(NC1CCCCC1)NC1CCN(Cc2ccccn2)CC1. The molecule has 2 aliphatic rings. The maximum atomic E-state index is 12.1. The summed E-state index contributed by atoms with van der Waals surface area (Å²) in [4.78, 5) is 18.9. The highest BCUT2D eigenvalue weighted by Gasteiger charge is 2.22. The van der Waals surface area contributed by atoms with Crippen LogP contribution < -0.4 is 10.6 Å². The Labute approximate surface area is 138 Å². The fourth-order valence-electron chi connectivity index (χ4n) is 3.62. The number of carbonyl (C=O) groups is 1. The summed E-state index contributed by atoms with van der Waals surface area (Å²) >= 11 is 0. The number of pyridine rings is 1. The van der Waals surface area contributed by atoms with Crippen molar-refractivity contribution < 1.29 is 4.79 Å². The number of nitrogens with one attached hydrogen (secondary N) is 2. The van der Waals surface area contributed by atoms with Gasteiger partial charge in [0, 0.05) is 37.9 Å². The summed E-state index contributed by atoms with van der Waals surface area (Å²) in [7, 11) is 0. The Bertz CT molecular complexity index is 479. The molecule has 2 amide bonds. The lowest BCUT2D eigenvalue weighted by atomic mass is 9.96. The summed E-state index contributed by atoms with van der Waals surface area (Å²) in [5.74, 6) is 0. The second-order valence-corrected chi connectivity index (χ2v) is 6.82. The quantitative estimate of drug-likeness (QED) is 0.898. The minimum absolute atomic E-state index is 0.0278. The van der Waals surface area contributed by atoms with Crippen molar-refractivity contribution >= 4 is 6.03 Å². The van der Waals surface area contributed by atoms with Crippen LogP contribution in [0.3, 0.4) is 0 Å². The van der Waals surface area contributed by atoms with Crippen LogP contribution in [0.1, 0.15) is 50.6 Å². The number of rotatable bonds is 4. The van der Waals surface area contributed by atoms with Crippen LogP contribution in [0.15, 0.2) is 24.4 Å². The van der Waals surface area contributed by atoms with E-state index in [9.17, 15) is 4.79 Å². The van der Waals surface area contributed by atoms with Gasteiger partial charge in [-0.05, 0) is 37.8 Å². The Kier molecular flexibility index (Phi) is 5.86. The molecule has 0 bridgehead atoms. The van der Waals surface area contributed by atoms with Crippen molar-refractivity contribution in [1.82, 2.24) is 20.5 Å². The molecule has 1 saturated carbocycles. The fourth-order valence-corrected chi connectivity index (χ4v) is 3.62. The van der Waals surface area contributed by atoms with Gasteiger partial charge in [-0.2, -0.15) is 0 Å². The lowest BCUT2D eigenvalue weighted by molar-refractivity contribution is 0.183. The number of urea groups is 1. The molecule has 3 rings (SSSR count). The standard InChI is InChI=1S/C18H28N4O/c23-18(20-15-6-2-1-3-7-15)21-16-9-12-22(13-10-16)14-17-8-4-5-11-19-17/h4-5,8,11,15-16H,1-3,6-7,9-10,12-14H2,(H2,20,21,23). The molecule has 2 N–H and O–H groups in total. The average molecular weight is 316 g/mol. The predicted octanol–water partition coefficient (Wildman–Crippen LogP) is 2.68. The molecule has 0 radical (unpaired) electrons. The smallest absolute Gasteiger partial charge is 0.315 e. The average Bonchev–Trinajstić information content (AvgIpc) is 2.58. The molecule has 126 valence electrons. The summed E-state index contributed by atoms with van der Waals surface area (Å²) in [5.41, 5.74) is 1.12. The number of hydrogen-bond donors (Lipinski definition) is 2. The van der Waals surface area contributed by atoms with E-state index in [4.69, 9.17) is 0 Å². The van der Waals surface area contributed by atoms with Gasteiger partial charge in [0.25, 0.3) is 0 Å². The molecule has 1 aromatic rings. The topological polar surface area (TPSA) is 57.3 Å². The van der Waals surface area contributed by atoms with E-state index in [1.807, 2.05) is 18.3 Å². The monoisotopic (exact) mass is 316 g/mol. The summed E-state index contributed by atoms with van der Waals surface area (Å²) in [5, 5.41) is 6.30. The zero-order valence-electron chi connectivity index (χ0n) is 13.8.